The SMILES string of the molecule is CCOC(=O)[C@@H]1CC(OC(=O)Nc2ccccc2)CN1C. The molecule has 21 heavy (non-hydrogen) atoms. The van der Waals surface area contributed by atoms with E-state index in [1.165, 1.54) is 0 Å². The van der Waals surface area contributed by atoms with Crippen molar-refractivity contribution in [3.8, 4) is 0 Å². The molecule has 114 valence electrons. The van der Waals surface area contributed by atoms with Crippen molar-refractivity contribution in [2.24, 2.45) is 0 Å². The molecule has 0 radical (unpaired) electrons. The molecule has 2 atom stereocenters. The standard InChI is InChI=1S/C15H20N2O4/c1-3-20-14(18)13-9-12(10-17(13)2)21-15(19)16-11-7-5-4-6-8-11/h4-8,12-13H,3,9-10H2,1-2H3,(H,16,19)/t12?,13-/m0/s1. The van der Waals surface area contributed by atoms with E-state index in [-0.39, 0.29) is 18.1 Å². The van der Waals surface area contributed by atoms with Gasteiger partial charge in [0.1, 0.15) is 12.1 Å². The van der Waals surface area contributed by atoms with E-state index in [1.807, 2.05) is 30.1 Å². The molecule has 1 aromatic carbocycles. The second-order valence-electron chi connectivity index (χ2n) is 4.96. The van der Waals surface area contributed by atoms with Gasteiger partial charge < -0.3 is 9.47 Å². The molecule has 6 heteroatoms. The van der Waals surface area contributed by atoms with Crippen LogP contribution in [0.1, 0.15) is 13.3 Å². The van der Waals surface area contributed by atoms with Crippen LogP contribution in [-0.2, 0) is 14.3 Å². The molecule has 0 saturated carbocycles. The van der Waals surface area contributed by atoms with Gasteiger partial charge in [-0.25, -0.2) is 4.79 Å². The molecule has 1 N–H and O–H groups in total. The second kappa shape index (κ2) is 7.08. The summed E-state index contributed by atoms with van der Waals surface area (Å²) < 4.78 is 10.4. The summed E-state index contributed by atoms with van der Waals surface area (Å²) >= 11 is 0. The number of para-hydroxylation sites is 1. The Morgan fingerprint density at radius 3 is 2.71 bits per heavy atom. The van der Waals surface area contributed by atoms with Gasteiger partial charge in [0.15, 0.2) is 0 Å². The van der Waals surface area contributed by atoms with Crippen LogP contribution in [0.3, 0.4) is 0 Å². The van der Waals surface area contributed by atoms with Crippen molar-refractivity contribution in [1.29, 1.82) is 0 Å². The molecule has 1 aliphatic rings. The van der Waals surface area contributed by atoms with Crippen LogP contribution in [0.25, 0.3) is 0 Å². The Balaban J connectivity index is 1.84. The van der Waals surface area contributed by atoms with Crippen LogP contribution in [0.15, 0.2) is 30.3 Å². The molecule has 1 saturated heterocycles. The Hall–Kier alpha value is -2.08. The lowest BCUT2D eigenvalue weighted by Gasteiger charge is -2.16. The van der Waals surface area contributed by atoms with E-state index in [9.17, 15) is 9.59 Å². The number of anilines is 1. The summed E-state index contributed by atoms with van der Waals surface area (Å²) in [4.78, 5) is 25.4. The molecule has 1 heterocycles. The van der Waals surface area contributed by atoms with Gasteiger partial charge in [-0.1, -0.05) is 18.2 Å². The second-order valence-corrected chi connectivity index (χ2v) is 4.96. The number of nitrogens with zero attached hydrogens (tertiary/aromatic N) is 1. The third-order valence-electron chi connectivity index (χ3n) is 3.36. The molecule has 0 bridgehead atoms. The van der Waals surface area contributed by atoms with Gasteiger partial charge in [0, 0.05) is 18.7 Å². The van der Waals surface area contributed by atoms with Gasteiger partial charge in [-0.15, -0.1) is 0 Å². The third kappa shape index (κ3) is 4.19. The lowest BCUT2D eigenvalue weighted by molar-refractivity contribution is -0.148. The summed E-state index contributed by atoms with van der Waals surface area (Å²) in [5.41, 5.74) is 0.677. The number of hydrogen-bond donors (Lipinski definition) is 1. The van der Waals surface area contributed by atoms with E-state index < -0.39 is 6.09 Å². The van der Waals surface area contributed by atoms with Crippen LogP contribution in [0.5, 0.6) is 0 Å². The van der Waals surface area contributed by atoms with Gasteiger partial charge in [-0.05, 0) is 26.1 Å². The molecule has 1 amide bonds. The molecule has 1 fully saturated rings. The number of nitrogens with one attached hydrogen (secondary N) is 1. The maximum Gasteiger partial charge on any atom is 0.411 e. The number of ether oxygens (including phenoxy) is 2. The van der Waals surface area contributed by atoms with Gasteiger partial charge >= 0.3 is 12.1 Å². The smallest absolute Gasteiger partial charge is 0.411 e. The summed E-state index contributed by atoms with van der Waals surface area (Å²) in [5.74, 6) is -0.269. The number of esters is 1. The number of carbonyl (C=O) groups excluding carboxylic acids is 2. The first-order chi connectivity index (χ1) is 10.1. The zero-order valence-corrected chi connectivity index (χ0v) is 12.2. The predicted molar refractivity (Wildman–Crippen MR) is 78.0 cm³/mol. The van der Waals surface area contributed by atoms with Crippen molar-refractivity contribution in [2.45, 2.75) is 25.5 Å². The monoisotopic (exact) mass is 292 g/mol. The molecule has 0 aliphatic carbocycles. The summed E-state index contributed by atoms with van der Waals surface area (Å²) in [6.07, 6.45) is -0.366. The molecular formula is C15H20N2O4. The van der Waals surface area contributed by atoms with Crippen molar-refractivity contribution in [1.82, 2.24) is 4.90 Å². The number of carbonyl (C=O) groups is 2. The molecule has 0 aromatic heterocycles. The van der Waals surface area contributed by atoms with E-state index >= 15 is 0 Å². The summed E-state index contributed by atoms with van der Waals surface area (Å²) in [7, 11) is 1.82. The van der Waals surface area contributed by atoms with Crippen molar-refractivity contribution < 1.29 is 19.1 Å². The van der Waals surface area contributed by atoms with Gasteiger partial charge in [0.25, 0.3) is 0 Å². The van der Waals surface area contributed by atoms with Gasteiger partial charge in [-0.3, -0.25) is 15.0 Å². The number of benzene rings is 1. The topological polar surface area (TPSA) is 67.9 Å². The van der Waals surface area contributed by atoms with Crippen LogP contribution < -0.4 is 5.32 Å². The predicted octanol–water partition coefficient (Wildman–Crippen LogP) is 1.87. The average Bonchev–Trinajstić information content (AvgIpc) is 2.80. The summed E-state index contributed by atoms with van der Waals surface area (Å²) in [6, 6.07) is 8.74. The highest BCUT2D eigenvalue weighted by molar-refractivity contribution is 5.84. The van der Waals surface area contributed by atoms with Gasteiger partial charge in [0.05, 0.1) is 6.61 Å². The number of amides is 1. The van der Waals surface area contributed by atoms with Crippen molar-refractivity contribution >= 4 is 17.7 Å². The number of likely N-dealkylation sites (tertiary alicyclic amines) is 1. The maximum atomic E-state index is 11.8. The number of hydrogen-bond acceptors (Lipinski definition) is 5. The first kappa shape index (κ1) is 15.3. The highest BCUT2D eigenvalue weighted by Gasteiger charge is 2.37. The lowest BCUT2D eigenvalue weighted by Crippen LogP contribution is -2.34. The zero-order valence-electron chi connectivity index (χ0n) is 12.2. The van der Waals surface area contributed by atoms with E-state index in [4.69, 9.17) is 9.47 Å². The Kier molecular flexibility index (Phi) is 5.16. The largest absolute Gasteiger partial charge is 0.465 e. The lowest BCUT2D eigenvalue weighted by atomic mass is 10.2. The highest BCUT2D eigenvalue weighted by atomic mass is 16.6. The van der Waals surface area contributed by atoms with E-state index in [2.05, 4.69) is 5.32 Å². The Morgan fingerprint density at radius 1 is 1.33 bits per heavy atom. The number of rotatable bonds is 4. The first-order valence-electron chi connectivity index (χ1n) is 6.99. The van der Waals surface area contributed by atoms with E-state index in [1.54, 1.807) is 19.1 Å². The minimum Gasteiger partial charge on any atom is -0.465 e. The summed E-state index contributed by atoms with van der Waals surface area (Å²) in [5, 5.41) is 2.66. The molecule has 1 aliphatic heterocycles. The van der Waals surface area contributed by atoms with E-state index in [0.29, 0.717) is 25.3 Å². The van der Waals surface area contributed by atoms with Crippen LogP contribution in [0.4, 0.5) is 10.5 Å². The Labute approximate surface area is 124 Å². The third-order valence-corrected chi connectivity index (χ3v) is 3.36. The van der Waals surface area contributed by atoms with Crippen LogP contribution >= 0.6 is 0 Å². The fourth-order valence-electron chi connectivity index (χ4n) is 2.37. The molecule has 2 rings (SSSR count). The van der Waals surface area contributed by atoms with Crippen LogP contribution in [0.2, 0.25) is 0 Å². The molecule has 6 nitrogen and oxygen atoms in total. The molecule has 0 spiro atoms. The van der Waals surface area contributed by atoms with Gasteiger partial charge in [0.2, 0.25) is 0 Å². The molecular weight excluding hydrogens is 272 g/mol. The number of likely N-dealkylation sites (N-methyl/N-ethyl adjacent to an activating group) is 1. The first-order valence-corrected chi connectivity index (χ1v) is 6.99. The van der Waals surface area contributed by atoms with E-state index in [0.717, 1.165) is 0 Å². The van der Waals surface area contributed by atoms with Crippen LogP contribution in [0, 0.1) is 0 Å². The molecule has 1 unspecified atom stereocenters. The van der Waals surface area contributed by atoms with Crippen LogP contribution in [-0.4, -0.2) is 49.3 Å². The molecule has 1 aromatic rings. The minimum atomic E-state index is -0.510. The van der Waals surface area contributed by atoms with Crippen molar-refractivity contribution in [3.63, 3.8) is 0 Å². The zero-order chi connectivity index (χ0) is 15.2. The fraction of sp³-hybridized carbons (Fsp3) is 0.467. The van der Waals surface area contributed by atoms with Gasteiger partial charge in [-0.2, -0.15) is 0 Å². The Morgan fingerprint density at radius 2 is 2.05 bits per heavy atom. The minimum absolute atomic E-state index is 0.269. The van der Waals surface area contributed by atoms with Crippen molar-refractivity contribution in [3.05, 3.63) is 30.3 Å². The fourth-order valence-corrected chi connectivity index (χ4v) is 2.37. The maximum absolute atomic E-state index is 11.8. The quantitative estimate of drug-likeness (QED) is 0.858. The Bertz CT molecular complexity index is 492. The average molecular weight is 292 g/mol. The summed E-state index contributed by atoms with van der Waals surface area (Å²) in [6.45, 7) is 2.64. The van der Waals surface area contributed by atoms with Crippen molar-refractivity contribution in [2.75, 3.05) is 25.5 Å². The normalized spacial score (nSPS) is 21.8. The highest BCUT2D eigenvalue weighted by Crippen LogP contribution is 2.20.